The minimum absolute atomic E-state index is 0.00674. The van der Waals surface area contributed by atoms with Crippen molar-refractivity contribution in [3.8, 4) is 5.75 Å². The summed E-state index contributed by atoms with van der Waals surface area (Å²) in [6, 6.07) is 16.2. The summed E-state index contributed by atoms with van der Waals surface area (Å²) in [5, 5.41) is 5.42. The first-order valence-corrected chi connectivity index (χ1v) is 10.4. The van der Waals surface area contributed by atoms with Crippen LogP contribution >= 0.6 is 0 Å². The van der Waals surface area contributed by atoms with Crippen molar-refractivity contribution in [2.45, 2.75) is 39.7 Å². The maximum Gasteiger partial charge on any atom is 0.220 e. The quantitative estimate of drug-likeness (QED) is 0.445. The fourth-order valence-corrected chi connectivity index (χ4v) is 3.86. The summed E-state index contributed by atoms with van der Waals surface area (Å²) in [5.74, 6) is 0.828. The van der Waals surface area contributed by atoms with Crippen molar-refractivity contribution in [3.63, 3.8) is 0 Å². The zero-order valence-corrected chi connectivity index (χ0v) is 17.7. The van der Waals surface area contributed by atoms with Gasteiger partial charge < -0.3 is 15.0 Å². The van der Waals surface area contributed by atoms with Gasteiger partial charge in [-0.25, -0.2) is 0 Å². The molecule has 1 amide bonds. The highest BCUT2D eigenvalue weighted by Crippen LogP contribution is 2.27. The van der Waals surface area contributed by atoms with Crippen LogP contribution in [-0.2, 0) is 11.2 Å². The number of pyridine rings is 1. The Morgan fingerprint density at radius 3 is 2.80 bits per heavy atom. The van der Waals surface area contributed by atoms with Gasteiger partial charge in [0, 0.05) is 34.0 Å². The van der Waals surface area contributed by atoms with Gasteiger partial charge in [0.1, 0.15) is 5.75 Å². The molecule has 2 aromatic carbocycles. The zero-order chi connectivity index (χ0) is 21.1. The van der Waals surface area contributed by atoms with Crippen LogP contribution in [-0.4, -0.2) is 22.5 Å². The van der Waals surface area contributed by atoms with Crippen molar-refractivity contribution < 1.29 is 9.53 Å². The van der Waals surface area contributed by atoms with Crippen LogP contribution in [0.1, 0.15) is 43.1 Å². The molecule has 0 aliphatic rings. The predicted molar refractivity (Wildman–Crippen MR) is 121 cm³/mol. The summed E-state index contributed by atoms with van der Waals surface area (Å²) in [5.41, 5.74) is 5.18. The number of amides is 1. The number of rotatable bonds is 7. The van der Waals surface area contributed by atoms with E-state index in [1.54, 1.807) is 0 Å². The summed E-state index contributed by atoms with van der Waals surface area (Å²) in [6.45, 7) is 6.59. The van der Waals surface area contributed by atoms with Gasteiger partial charge in [0.2, 0.25) is 5.91 Å². The predicted octanol–water partition coefficient (Wildman–Crippen LogP) is 5.23. The summed E-state index contributed by atoms with van der Waals surface area (Å²) in [4.78, 5) is 20.5. The number of carbonyl (C=O) groups is 1. The number of hydrogen-bond acceptors (Lipinski definition) is 3. The van der Waals surface area contributed by atoms with E-state index in [0.29, 0.717) is 19.4 Å². The van der Waals surface area contributed by atoms with E-state index in [4.69, 9.17) is 4.74 Å². The van der Waals surface area contributed by atoms with Gasteiger partial charge in [0.15, 0.2) is 0 Å². The first-order valence-electron chi connectivity index (χ1n) is 10.4. The lowest BCUT2D eigenvalue weighted by atomic mass is 10.0. The lowest BCUT2D eigenvalue weighted by molar-refractivity contribution is -0.121. The molecule has 4 rings (SSSR count). The van der Waals surface area contributed by atoms with Crippen LogP contribution in [0.5, 0.6) is 5.75 Å². The van der Waals surface area contributed by atoms with E-state index in [0.717, 1.165) is 39.0 Å². The Hall–Kier alpha value is -3.34. The first-order chi connectivity index (χ1) is 14.5. The molecular formula is C25H27N3O2. The molecule has 5 nitrogen and oxygen atoms in total. The molecule has 2 aromatic heterocycles. The largest absolute Gasteiger partial charge is 0.494 e. The Bertz CT molecular complexity index is 1200. The Labute approximate surface area is 176 Å². The van der Waals surface area contributed by atoms with Crippen LogP contribution in [0.3, 0.4) is 0 Å². The van der Waals surface area contributed by atoms with Gasteiger partial charge in [-0.15, -0.1) is 0 Å². The number of nitrogens with zero attached hydrogens (tertiary/aromatic N) is 1. The van der Waals surface area contributed by atoms with Gasteiger partial charge in [-0.1, -0.05) is 35.9 Å². The number of nitrogens with one attached hydrogen (secondary N) is 2. The number of H-pyrrole nitrogens is 1. The Morgan fingerprint density at radius 1 is 1.13 bits per heavy atom. The zero-order valence-electron chi connectivity index (χ0n) is 17.7. The van der Waals surface area contributed by atoms with Crippen LogP contribution in [0.15, 0.2) is 54.7 Å². The van der Waals surface area contributed by atoms with E-state index in [9.17, 15) is 4.79 Å². The molecule has 0 spiro atoms. The Balaban J connectivity index is 1.43. The molecule has 0 radical (unpaired) electrons. The van der Waals surface area contributed by atoms with Crippen molar-refractivity contribution in [1.82, 2.24) is 15.3 Å². The van der Waals surface area contributed by atoms with Crippen LogP contribution in [0.4, 0.5) is 0 Å². The maximum atomic E-state index is 12.6. The number of aromatic amines is 1. The third-order valence-corrected chi connectivity index (χ3v) is 5.36. The molecule has 0 saturated heterocycles. The number of carbonyl (C=O) groups excluding carboxylic acids is 1. The minimum Gasteiger partial charge on any atom is -0.494 e. The van der Waals surface area contributed by atoms with Gasteiger partial charge in [-0.2, -0.15) is 0 Å². The van der Waals surface area contributed by atoms with Crippen molar-refractivity contribution in [2.75, 3.05) is 6.61 Å². The smallest absolute Gasteiger partial charge is 0.220 e. The Morgan fingerprint density at radius 2 is 1.97 bits per heavy atom. The molecule has 154 valence electrons. The molecule has 4 aromatic rings. The molecule has 0 aliphatic carbocycles. The molecule has 5 heteroatoms. The number of benzene rings is 2. The summed E-state index contributed by atoms with van der Waals surface area (Å²) in [7, 11) is 0. The molecular weight excluding hydrogens is 374 g/mol. The SMILES string of the molecule is CCOc1ccc(C)cc1C(C)NC(=O)CCc1cc2c(cn1)[nH]c1ccccc12. The molecule has 0 bridgehead atoms. The third-order valence-electron chi connectivity index (χ3n) is 5.36. The first kappa shape index (κ1) is 20.0. The molecule has 2 N–H and O–H groups in total. The lowest BCUT2D eigenvalue weighted by Gasteiger charge is -2.18. The molecule has 30 heavy (non-hydrogen) atoms. The summed E-state index contributed by atoms with van der Waals surface area (Å²) >= 11 is 0. The number of aromatic nitrogens is 2. The normalized spacial score (nSPS) is 12.2. The Kier molecular flexibility index (Phi) is 5.70. The van der Waals surface area contributed by atoms with Gasteiger partial charge in [0.25, 0.3) is 0 Å². The van der Waals surface area contributed by atoms with Crippen molar-refractivity contribution in [2.24, 2.45) is 0 Å². The average molecular weight is 402 g/mol. The van der Waals surface area contributed by atoms with E-state index >= 15 is 0 Å². The fraction of sp³-hybridized carbons (Fsp3) is 0.280. The molecule has 0 saturated carbocycles. The number of aryl methyl sites for hydroxylation is 2. The second kappa shape index (κ2) is 8.57. The topological polar surface area (TPSA) is 67.0 Å². The van der Waals surface area contributed by atoms with E-state index < -0.39 is 0 Å². The number of ether oxygens (including phenoxy) is 1. The highest BCUT2D eigenvalue weighted by atomic mass is 16.5. The highest BCUT2D eigenvalue weighted by Gasteiger charge is 2.15. The van der Waals surface area contributed by atoms with E-state index in [2.05, 4.69) is 39.6 Å². The second-order valence-corrected chi connectivity index (χ2v) is 7.66. The van der Waals surface area contributed by atoms with Crippen LogP contribution < -0.4 is 10.1 Å². The molecule has 1 unspecified atom stereocenters. The van der Waals surface area contributed by atoms with Crippen LogP contribution in [0.25, 0.3) is 21.8 Å². The van der Waals surface area contributed by atoms with E-state index in [1.165, 1.54) is 5.39 Å². The molecule has 0 aliphatic heterocycles. The fourth-order valence-electron chi connectivity index (χ4n) is 3.86. The highest BCUT2D eigenvalue weighted by molar-refractivity contribution is 6.06. The summed E-state index contributed by atoms with van der Waals surface area (Å²) in [6.07, 6.45) is 2.84. The molecule has 2 heterocycles. The van der Waals surface area contributed by atoms with Gasteiger partial charge >= 0.3 is 0 Å². The number of fused-ring (bicyclic) bond motifs is 3. The minimum atomic E-state index is -0.122. The maximum absolute atomic E-state index is 12.6. The number of para-hydroxylation sites is 1. The van der Waals surface area contributed by atoms with Gasteiger partial charge in [-0.3, -0.25) is 9.78 Å². The van der Waals surface area contributed by atoms with Gasteiger partial charge in [-0.05, 0) is 45.4 Å². The van der Waals surface area contributed by atoms with Crippen molar-refractivity contribution >= 4 is 27.7 Å². The van der Waals surface area contributed by atoms with Crippen molar-refractivity contribution in [1.29, 1.82) is 0 Å². The summed E-state index contributed by atoms with van der Waals surface area (Å²) < 4.78 is 5.73. The van der Waals surface area contributed by atoms with Crippen LogP contribution in [0.2, 0.25) is 0 Å². The number of hydrogen-bond donors (Lipinski definition) is 2. The monoisotopic (exact) mass is 401 g/mol. The third kappa shape index (κ3) is 4.15. The molecule has 1 atom stereocenters. The molecule has 0 fully saturated rings. The van der Waals surface area contributed by atoms with Crippen LogP contribution in [0, 0.1) is 6.92 Å². The van der Waals surface area contributed by atoms with Gasteiger partial charge in [0.05, 0.1) is 24.4 Å². The lowest BCUT2D eigenvalue weighted by Crippen LogP contribution is -2.27. The van der Waals surface area contributed by atoms with Crippen molar-refractivity contribution in [3.05, 3.63) is 71.5 Å². The standard InChI is InChI=1S/C25H27N3O2/c1-4-30-24-11-9-16(2)13-20(24)17(3)27-25(29)12-10-18-14-21-19-7-5-6-8-22(19)28-23(21)15-26-18/h5-9,11,13-15,17,28H,4,10,12H2,1-3H3,(H,27,29). The second-order valence-electron chi connectivity index (χ2n) is 7.66. The van der Waals surface area contributed by atoms with E-state index in [-0.39, 0.29) is 11.9 Å². The van der Waals surface area contributed by atoms with E-state index in [1.807, 2.05) is 51.2 Å². The average Bonchev–Trinajstić information content (AvgIpc) is 3.11.